The summed E-state index contributed by atoms with van der Waals surface area (Å²) in [6, 6.07) is 0. The minimum absolute atomic E-state index is 0.109. The summed E-state index contributed by atoms with van der Waals surface area (Å²) in [5, 5.41) is 9.31. The van der Waals surface area contributed by atoms with E-state index in [-0.39, 0.29) is 10.8 Å². The minimum atomic E-state index is 0.109. The molecule has 1 heterocycles. The summed E-state index contributed by atoms with van der Waals surface area (Å²) in [5.41, 5.74) is 5.87. The Labute approximate surface area is 117 Å². The van der Waals surface area contributed by atoms with Gasteiger partial charge < -0.3 is 0 Å². The first kappa shape index (κ1) is 13.1. The second kappa shape index (κ2) is 3.80. The van der Waals surface area contributed by atoms with Gasteiger partial charge in [-0.25, -0.2) is 0 Å². The molecule has 0 N–H and O–H groups in total. The van der Waals surface area contributed by atoms with Gasteiger partial charge in [0.15, 0.2) is 0 Å². The van der Waals surface area contributed by atoms with Gasteiger partial charge in [0, 0.05) is 10.8 Å². The van der Waals surface area contributed by atoms with Crippen LogP contribution in [-0.4, -0.2) is 10.2 Å². The molecule has 104 valence electrons. The Morgan fingerprint density at radius 2 is 1.11 bits per heavy atom. The molecular formula is C17H26N2. The predicted molar refractivity (Wildman–Crippen MR) is 78.8 cm³/mol. The molecule has 2 nitrogen and oxygen atoms in total. The van der Waals surface area contributed by atoms with Crippen LogP contribution in [0.4, 0.5) is 0 Å². The lowest BCUT2D eigenvalue weighted by atomic mass is 9.78. The molecule has 2 atom stereocenters. The van der Waals surface area contributed by atoms with Gasteiger partial charge in [-0.15, -0.1) is 0 Å². The molecule has 19 heavy (non-hydrogen) atoms. The molecule has 0 aliphatic heterocycles. The maximum atomic E-state index is 4.66. The van der Waals surface area contributed by atoms with Crippen LogP contribution in [-0.2, 0) is 10.8 Å². The van der Waals surface area contributed by atoms with Crippen LogP contribution in [0.1, 0.15) is 95.2 Å². The zero-order chi connectivity index (χ0) is 14.0. The van der Waals surface area contributed by atoms with Gasteiger partial charge in [-0.05, 0) is 42.2 Å². The van der Waals surface area contributed by atoms with Crippen molar-refractivity contribution in [2.24, 2.45) is 0 Å². The predicted octanol–water partition coefficient (Wildman–Crippen LogP) is 4.44. The largest absolute Gasteiger partial charge is 0.154 e. The van der Waals surface area contributed by atoms with E-state index in [0.29, 0.717) is 0 Å². The van der Waals surface area contributed by atoms with Gasteiger partial charge in [0.1, 0.15) is 0 Å². The van der Waals surface area contributed by atoms with Crippen LogP contribution < -0.4 is 0 Å². The second-order valence-electron chi connectivity index (χ2n) is 8.43. The summed E-state index contributed by atoms with van der Waals surface area (Å²) in [6.07, 6.45) is 4.06. The molecule has 2 aliphatic rings. The molecular weight excluding hydrogens is 232 g/mol. The topological polar surface area (TPSA) is 25.8 Å². The van der Waals surface area contributed by atoms with E-state index in [1.165, 1.54) is 30.7 Å². The van der Waals surface area contributed by atoms with E-state index in [9.17, 15) is 0 Å². The zero-order valence-electron chi connectivity index (χ0n) is 13.2. The molecule has 0 aromatic carbocycles. The lowest BCUT2D eigenvalue weighted by Gasteiger charge is -2.30. The summed E-state index contributed by atoms with van der Waals surface area (Å²) in [5.74, 6) is 1.51. The average Bonchev–Trinajstić information content (AvgIpc) is 2.85. The van der Waals surface area contributed by atoms with Crippen LogP contribution in [0, 0.1) is 0 Å². The number of rotatable bonds is 0. The maximum absolute atomic E-state index is 4.66. The summed E-state index contributed by atoms with van der Waals surface area (Å²) in [4.78, 5) is 0. The number of aromatic nitrogens is 2. The van der Waals surface area contributed by atoms with E-state index >= 15 is 0 Å². The van der Waals surface area contributed by atoms with Crippen molar-refractivity contribution in [1.82, 2.24) is 10.2 Å². The highest BCUT2D eigenvalue weighted by atomic mass is 15.1. The highest BCUT2D eigenvalue weighted by Crippen LogP contribution is 2.56. The Morgan fingerprint density at radius 3 is 1.42 bits per heavy atom. The van der Waals surface area contributed by atoms with Crippen LogP contribution in [0.25, 0.3) is 0 Å². The van der Waals surface area contributed by atoms with Gasteiger partial charge in [-0.3, -0.25) is 0 Å². The van der Waals surface area contributed by atoms with Gasteiger partial charge >= 0.3 is 0 Å². The third-order valence-electron chi connectivity index (χ3n) is 4.72. The van der Waals surface area contributed by atoms with Crippen molar-refractivity contribution in [3.05, 3.63) is 22.5 Å². The Kier molecular flexibility index (Phi) is 2.62. The third-order valence-corrected chi connectivity index (χ3v) is 4.72. The van der Waals surface area contributed by atoms with E-state index in [1.54, 1.807) is 11.1 Å². The van der Waals surface area contributed by atoms with E-state index in [1.807, 2.05) is 0 Å². The summed E-state index contributed by atoms with van der Waals surface area (Å²) < 4.78 is 0. The molecule has 2 unspecified atom stereocenters. The molecule has 0 amide bonds. The number of fused-ring (bicyclic) bond motifs is 5. The third kappa shape index (κ3) is 1.91. The Bertz CT molecular complexity index is 470. The maximum Gasteiger partial charge on any atom is 0.0722 e. The van der Waals surface area contributed by atoms with Crippen molar-refractivity contribution < 1.29 is 0 Å². The number of hydrogen-bond acceptors (Lipinski definition) is 2. The first-order valence-electron chi connectivity index (χ1n) is 7.61. The fourth-order valence-corrected chi connectivity index (χ4v) is 3.90. The van der Waals surface area contributed by atoms with E-state index in [2.05, 4.69) is 51.7 Å². The van der Waals surface area contributed by atoms with Crippen molar-refractivity contribution in [1.29, 1.82) is 0 Å². The van der Waals surface area contributed by atoms with Crippen LogP contribution in [0.3, 0.4) is 0 Å². The van der Waals surface area contributed by atoms with Gasteiger partial charge in [0.25, 0.3) is 0 Å². The minimum Gasteiger partial charge on any atom is -0.154 e. The molecule has 2 bridgehead atoms. The zero-order valence-corrected chi connectivity index (χ0v) is 13.2. The molecule has 1 aromatic heterocycles. The normalized spacial score (nSPS) is 25.8. The molecule has 1 fully saturated rings. The summed E-state index contributed by atoms with van der Waals surface area (Å²) >= 11 is 0. The lowest BCUT2D eigenvalue weighted by Crippen LogP contribution is -2.25. The van der Waals surface area contributed by atoms with Crippen LogP contribution in [0.2, 0.25) is 0 Å². The fraction of sp³-hybridized carbons (Fsp3) is 0.765. The summed E-state index contributed by atoms with van der Waals surface area (Å²) in [7, 11) is 0. The molecule has 0 saturated heterocycles. The number of hydrogen-bond donors (Lipinski definition) is 0. The quantitative estimate of drug-likeness (QED) is 0.687. The average molecular weight is 258 g/mol. The van der Waals surface area contributed by atoms with E-state index < -0.39 is 0 Å². The van der Waals surface area contributed by atoms with E-state index in [4.69, 9.17) is 0 Å². The van der Waals surface area contributed by atoms with Gasteiger partial charge in [0.2, 0.25) is 0 Å². The Morgan fingerprint density at radius 1 is 0.737 bits per heavy atom. The fourth-order valence-electron chi connectivity index (χ4n) is 3.90. The van der Waals surface area contributed by atoms with Crippen molar-refractivity contribution in [3.63, 3.8) is 0 Å². The Hall–Kier alpha value is -0.920. The van der Waals surface area contributed by atoms with Crippen molar-refractivity contribution in [3.8, 4) is 0 Å². The van der Waals surface area contributed by atoms with Crippen LogP contribution in [0.5, 0.6) is 0 Å². The molecule has 0 radical (unpaired) electrons. The summed E-state index contributed by atoms with van der Waals surface area (Å²) in [6.45, 7) is 13.6. The van der Waals surface area contributed by atoms with Gasteiger partial charge in [0.05, 0.1) is 11.4 Å². The standard InChI is InChI=1S/C17H26N2/c1-16(2,3)14-12-10-7-8-11(9-10)13(12)15(19-18-14)17(4,5)6/h10-11H,7-9H2,1-6H3. The molecule has 0 spiro atoms. The monoisotopic (exact) mass is 258 g/mol. The van der Waals surface area contributed by atoms with E-state index in [0.717, 1.165) is 11.8 Å². The molecule has 2 aliphatic carbocycles. The highest BCUT2D eigenvalue weighted by Gasteiger charge is 2.44. The molecule has 3 rings (SSSR count). The van der Waals surface area contributed by atoms with Crippen LogP contribution in [0.15, 0.2) is 0 Å². The highest BCUT2D eigenvalue weighted by molar-refractivity contribution is 5.49. The van der Waals surface area contributed by atoms with Gasteiger partial charge in [-0.2, -0.15) is 10.2 Å². The van der Waals surface area contributed by atoms with Gasteiger partial charge in [-0.1, -0.05) is 41.5 Å². The van der Waals surface area contributed by atoms with Crippen LogP contribution >= 0.6 is 0 Å². The van der Waals surface area contributed by atoms with Crippen molar-refractivity contribution >= 4 is 0 Å². The Balaban J connectivity index is 2.26. The molecule has 1 aromatic rings. The molecule has 1 saturated carbocycles. The second-order valence-corrected chi connectivity index (χ2v) is 8.43. The smallest absolute Gasteiger partial charge is 0.0722 e. The van der Waals surface area contributed by atoms with Crippen molar-refractivity contribution in [2.45, 2.75) is 83.5 Å². The molecule has 2 heteroatoms. The lowest BCUT2D eigenvalue weighted by molar-refractivity contribution is 0.502. The number of nitrogens with zero attached hydrogens (tertiary/aromatic N) is 2. The first-order valence-corrected chi connectivity index (χ1v) is 7.61. The SMILES string of the molecule is CC(C)(C)c1nnc(C(C)(C)C)c2c1C1CCC2C1. The van der Waals surface area contributed by atoms with Crippen molar-refractivity contribution in [2.75, 3.05) is 0 Å². The first-order chi connectivity index (χ1) is 8.69.